The first-order chi connectivity index (χ1) is 13.8. The molecule has 0 bridgehead atoms. The van der Waals surface area contributed by atoms with E-state index in [2.05, 4.69) is 17.0 Å². The van der Waals surface area contributed by atoms with Crippen molar-refractivity contribution in [2.24, 2.45) is 5.92 Å². The summed E-state index contributed by atoms with van der Waals surface area (Å²) in [5.41, 5.74) is 0. The van der Waals surface area contributed by atoms with Crippen LogP contribution in [0.1, 0.15) is 39.0 Å². The zero-order chi connectivity index (χ0) is 21.3. The van der Waals surface area contributed by atoms with Crippen LogP contribution in [0.5, 0.6) is 0 Å². The molecule has 7 nitrogen and oxygen atoms in total. The Morgan fingerprint density at radius 2 is 1.83 bits per heavy atom. The summed E-state index contributed by atoms with van der Waals surface area (Å²) < 4.78 is 32.6. The van der Waals surface area contributed by atoms with Gasteiger partial charge in [0.2, 0.25) is 10.0 Å². The fourth-order valence-corrected chi connectivity index (χ4v) is 4.94. The quantitative estimate of drug-likeness (QED) is 0.539. The molecule has 1 fully saturated rings. The molecule has 1 atom stereocenters. The summed E-state index contributed by atoms with van der Waals surface area (Å²) in [6.07, 6.45) is 6.13. The molecule has 1 aromatic carbocycles. The maximum absolute atomic E-state index is 12.5. The predicted molar refractivity (Wildman–Crippen MR) is 114 cm³/mol. The van der Waals surface area contributed by atoms with E-state index in [-0.39, 0.29) is 23.3 Å². The van der Waals surface area contributed by atoms with Crippen molar-refractivity contribution in [1.29, 1.82) is 0 Å². The lowest BCUT2D eigenvalue weighted by Gasteiger charge is -2.26. The number of carbonyl (C=O) groups is 2. The first kappa shape index (κ1) is 23.7. The summed E-state index contributed by atoms with van der Waals surface area (Å²) in [5, 5.41) is 2.89. The zero-order valence-electron chi connectivity index (χ0n) is 16.9. The van der Waals surface area contributed by atoms with Crippen LogP contribution in [-0.2, 0) is 24.3 Å². The molecule has 1 amide bonds. The fourth-order valence-electron chi connectivity index (χ4n) is 3.23. The standard InChI is InChI=1S/C20H30N2O5S2/c1-15-8-10-16(11-9-15)21-19(23)14-27-20(24)18(12-13-28-2)22-29(25,26)17-6-4-3-5-7-17/h3-7,15-16,18,22H,8-14H2,1-2H3,(H,21,23). The van der Waals surface area contributed by atoms with Crippen molar-refractivity contribution in [2.45, 2.75) is 56.0 Å². The number of rotatable bonds is 10. The number of nitrogens with one attached hydrogen (secondary N) is 2. The fraction of sp³-hybridized carbons (Fsp3) is 0.600. The number of ether oxygens (including phenoxy) is 1. The van der Waals surface area contributed by atoms with Gasteiger partial charge in [0.15, 0.2) is 6.61 Å². The van der Waals surface area contributed by atoms with Gasteiger partial charge in [0, 0.05) is 6.04 Å². The molecule has 0 aromatic heterocycles. The van der Waals surface area contributed by atoms with Crippen LogP contribution < -0.4 is 10.0 Å². The molecule has 29 heavy (non-hydrogen) atoms. The van der Waals surface area contributed by atoms with E-state index in [1.165, 1.54) is 23.9 Å². The van der Waals surface area contributed by atoms with E-state index in [0.717, 1.165) is 25.7 Å². The van der Waals surface area contributed by atoms with Gasteiger partial charge < -0.3 is 10.1 Å². The van der Waals surface area contributed by atoms with Crippen LogP contribution in [-0.4, -0.2) is 51.0 Å². The minimum Gasteiger partial charge on any atom is -0.454 e. The van der Waals surface area contributed by atoms with E-state index in [0.29, 0.717) is 11.7 Å². The van der Waals surface area contributed by atoms with Gasteiger partial charge in [-0.15, -0.1) is 0 Å². The summed E-state index contributed by atoms with van der Waals surface area (Å²) in [7, 11) is -3.86. The number of carbonyl (C=O) groups excluding carboxylic acids is 2. The Morgan fingerprint density at radius 1 is 1.17 bits per heavy atom. The number of hydrogen-bond donors (Lipinski definition) is 2. The lowest BCUT2D eigenvalue weighted by Crippen LogP contribution is -2.44. The number of esters is 1. The van der Waals surface area contributed by atoms with Crippen LogP contribution in [0.15, 0.2) is 35.2 Å². The summed E-state index contributed by atoms with van der Waals surface area (Å²) in [6.45, 7) is 1.79. The van der Waals surface area contributed by atoms with Crippen molar-refractivity contribution >= 4 is 33.7 Å². The van der Waals surface area contributed by atoms with Gasteiger partial charge in [0.05, 0.1) is 4.90 Å². The Balaban J connectivity index is 1.90. The Labute approximate surface area is 177 Å². The van der Waals surface area contributed by atoms with E-state index in [9.17, 15) is 18.0 Å². The first-order valence-electron chi connectivity index (χ1n) is 9.84. The normalized spacial score (nSPS) is 20.6. The van der Waals surface area contributed by atoms with Gasteiger partial charge in [-0.3, -0.25) is 9.59 Å². The summed E-state index contributed by atoms with van der Waals surface area (Å²) in [6, 6.07) is 6.91. The van der Waals surface area contributed by atoms with Crippen molar-refractivity contribution in [2.75, 3.05) is 18.6 Å². The Kier molecular flexibility index (Phi) is 9.45. The van der Waals surface area contributed by atoms with E-state index in [4.69, 9.17) is 4.74 Å². The van der Waals surface area contributed by atoms with Gasteiger partial charge in [0.25, 0.3) is 5.91 Å². The summed E-state index contributed by atoms with van der Waals surface area (Å²) in [4.78, 5) is 24.6. The average molecular weight is 443 g/mol. The van der Waals surface area contributed by atoms with Crippen molar-refractivity contribution in [3.05, 3.63) is 30.3 Å². The van der Waals surface area contributed by atoms with Gasteiger partial charge >= 0.3 is 5.97 Å². The predicted octanol–water partition coefficient (Wildman–Crippen LogP) is 2.32. The third kappa shape index (κ3) is 7.98. The lowest BCUT2D eigenvalue weighted by atomic mass is 9.87. The molecule has 0 spiro atoms. The molecule has 0 radical (unpaired) electrons. The molecule has 1 aliphatic rings. The monoisotopic (exact) mass is 442 g/mol. The summed E-state index contributed by atoms with van der Waals surface area (Å²) >= 11 is 1.50. The van der Waals surface area contributed by atoms with E-state index < -0.39 is 28.6 Å². The zero-order valence-corrected chi connectivity index (χ0v) is 18.6. The maximum Gasteiger partial charge on any atom is 0.324 e. The number of amides is 1. The van der Waals surface area contributed by atoms with Crippen LogP contribution in [0.3, 0.4) is 0 Å². The van der Waals surface area contributed by atoms with E-state index in [1.807, 2.05) is 6.26 Å². The lowest BCUT2D eigenvalue weighted by molar-refractivity contribution is -0.150. The van der Waals surface area contributed by atoms with Crippen LogP contribution in [0, 0.1) is 5.92 Å². The SMILES string of the molecule is CSCCC(NS(=O)(=O)c1ccccc1)C(=O)OCC(=O)NC1CCC(C)CC1. The maximum atomic E-state index is 12.5. The second-order valence-electron chi connectivity index (χ2n) is 7.40. The minimum absolute atomic E-state index is 0.0752. The molecule has 0 aliphatic heterocycles. The first-order valence-corrected chi connectivity index (χ1v) is 12.7. The molecule has 0 saturated heterocycles. The summed E-state index contributed by atoms with van der Waals surface area (Å²) in [5.74, 6) is 0.151. The topological polar surface area (TPSA) is 102 Å². The average Bonchev–Trinajstić information content (AvgIpc) is 2.71. The van der Waals surface area contributed by atoms with E-state index in [1.54, 1.807) is 18.2 Å². The smallest absolute Gasteiger partial charge is 0.324 e. The van der Waals surface area contributed by atoms with Crippen molar-refractivity contribution in [1.82, 2.24) is 10.0 Å². The Morgan fingerprint density at radius 3 is 2.45 bits per heavy atom. The van der Waals surface area contributed by atoms with Gasteiger partial charge in [-0.05, 0) is 62.2 Å². The van der Waals surface area contributed by atoms with Gasteiger partial charge in [-0.2, -0.15) is 16.5 Å². The van der Waals surface area contributed by atoms with Crippen molar-refractivity contribution < 1.29 is 22.7 Å². The van der Waals surface area contributed by atoms with Crippen LogP contribution in [0.25, 0.3) is 0 Å². The molecule has 2 rings (SSSR count). The Bertz CT molecular complexity index is 762. The molecule has 2 N–H and O–H groups in total. The molecular weight excluding hydrogens is 412 g/mol. The van der Waals surface area contributed by atoms with Crippen LogP contribution in [0.4, 0.5) is 0 Å². The highest BCUT2D eigenvalue weighted by Gasteiger charge is 2.27. The number of hydrogen-bond acceptors (Lipinski definition) is 6. The molecule has 1 saturated carbocycles. The second kappa shape index (κ2) is 11.6. The largest absolute Gasteiger partial charge is 0.454 e. The number of benzene rings is 1. The third-order valence-electron chi connectivity index (χ3n) is 4.97. The molecule has 162 valence electrons. The molecule has 1 unspecified atom stereocenters. The molecule has 9 heteroatoms. The molecule has 0 heterocycles. The van der Waals surface area contributed by atoms with Gasteiger partial charge in [0.1, 0.15) is 6.04 Å². The Hall–Kier alpha value is -1.58. The highest BCUT2D eigenvalue weighted by atomic mass is 32.2. The van der Waals surface area contributed by atoms with Crippen LogP contribution in [0.2, 0.25) is 0 Å². The highest BCUT2D eigenvalue weighted by Crippen LogP contribution is 2.23. The van der Waals surface area contributed by atoms with Crippen molar-refractivity contribution in [3.63, 3.8) is 0 Å². The minimum atomic E-state index is -3.86. The third-order valence-corrected chi connectivity index (χ3v) is 7.10. The molecular formula is C20H30N2O5S2. The van der Waals surface area contributed by atoms with Gasteiger partial charge in [-0.1, -0.05) is 25.1 Å². The number of sulfonamides is 1. The second-order valence-corrected chi connectivity index (χ2v) is 10.1. The molecule has 1 aromatic rings. The number of thioether (sulfide) groups is 1. The highest BCUT2D eigenvalue weighted by molar-refractivity contribution is 7.98. The van der Waals surface area contributed by atoms with Crippen molar-refractivity contribution in [3.8, 4) is 0 Å². The van der Waals surface area contributed by atoms with E-state index >= 15 is 0 Å². The molecule has 1 aliphatic carbocycles. The van der Waals surface area contributed by atoms with Gasteiger partial charge in [-0.25, -0.2) is 8.42 Å². The van der Waals surface area contributed by atoms with Crippen LogP contribution >= 0.6 is 11.8 Å².